The molecule has 2 aromatic heterocycles. The number of hydrogen-bond acceptors (Lipinski definition) is 3. The van der Waals surface area contributed by atoms with Crippen LogP contribution < -0.4 is 4.80 Å². The van der Waals surface area contributed by atoms with E-state index in [4.69, 9.17) is 0 Å². The molecule has 0 aliphatic carbocycles. The molecule has 2 heterocycles. The van der Waals surface area contributed by atoms with E-state index in [0.29, 0.717) is 17.0 Å². The van der Waals surface area contributed by atoms with Gasteiger partial charge in [0.25, 0.3) is 5.91 Å². The van der Waals surface area contributed by atoms with Gasteiger partial charge < -0.3 is 4.57 Å². The fourth-order valence-electron chi connectivity index (χ4n) is 2.49. The summed E-state index contributed by atoms with van der Waals surface area (Å²) < 4.78 is 4.89. The van der Waals surface area contributed by atoms with Crippen LogP contribution in [-0.2, 0) is 13.1 Å². The molecule has 0 N–H and O–H groups in total. The number of aryl methyl sites for hydroxylation is 2. The number of carbonyl (C=O) groups is 1. The van der Waals surface area contributed by atoms with Gasteiger partial charge in [0.1, 0.15) is 0 Å². The lowest BCUT2D eigenvalue weighted by molar-refractivity contribution is 0.0992. The van der Waals surface area contributed by atoms with E-state index in [1.54, 1.807) is 16.8 Å². The smallest absolute Gasteiger partial charge is 0.300 e. The monoisotopic (exact) mass is 326 g/mol. The first kappa shape index (κ1) is 15.4. The van der Waals surface area contributed by atoms with Crippen LogP contribution in [0.4, 0.5) is 0 Å². The fraction of sp³-hybridized carbons (Fsp3) is 0.235. The number of nitrogens with zero attached hydrogens (tertiary/aromatic N) is 4. The van der Waals surface area contributed by atoms with E-state index in [-0.39, 0.29) is 5.91 Å². The first-order chi connectivity index (χ1) is 11.1. The molecule has 6 heteroatoms. The molecule has 0 aliphatic rings. The number of para-hydroxylation sites is 1. The third kappa shape index (κ3) is 2.90. The topological polar surface area (TPSA) is 52.2 Å². The summed E-state index contributed by atoms with van der Waals surface area (Å²) in [5.74, 6) is -0.315. The molecule has 0 saturated carbocycles. The van der Waals surface area contributed by atoms with Crippen molar-refractivity contribution in [1.82, 2.24) is 14.3 Å². The summed E-state index contributed by atoms with van der Waals surface area (Å²) in [6.07, 6.45) is 1.80. The third-order valence-corrected chi connectivity index (χ3v) is 4.66. The molecule has 5 nitrogen and oxygen atoms in total. The van der Waals surface area contributed by atoms with E-state index < -0.39 is 0 Å². The van der Waals surface area contributed by atoms with Gasteiger partial charge in [-0.05, 0) is 32.0 Å². The fourth-order valence-corrected chi connectivity index (χ4v) is 3.53. The number of fused-ring (bicyclic) bond motifs is 1. The predicted octanol–water partition coefficient (Wildman–Crippen LogP) is 3.15. The molecule has 0 radical (unpaired) electrons. The average Bonchev–Trinajstić information content (AvgIpc) is 3.09. The summed E-state index contributed by atoms with van der Waals surface area (Å²) in [5, 5.41) is 4.30. The van der Waals surface area contributed by atoms with Crippen LogP contribution in [0, 0.1) is 6.92 Å². The summed E-state index contributed by atoms with van der Waals surface area (Å²) in [5.41, 5.74) is 2.40. The van der Waals surface area contributed by atoms with Gasteiger partial charge >= 0.3 is 0 Å². The van der Waals surface area contributed by atoms with Crippen molar-refractivity contribution in [1.29, 1.82) is 0 Å². The predicted molar refractivity (Wildman–Crippen MR) is 92.5 cm³/mol. The van der Waals surface area contributed by atoms with Crippen LogP contribution >= 0.6 is 11.3 Å². The van der Waals surface area contributed by atoms with Gasteiger partial charge in [-0.15, -0.1) is 6.58 Å². The lowest BCUT2D eigenvalue weighted by atomic mass is 10.3. The first-order valence-electron chi connectivity index (χ1n) is 7.46. The summed E-state index contributed by atoms with van der Waals surface area (Å²) in [6, 6.07) is 9.79. The van der Waals surface area contributed by atoms with Gasteiger partial charge in [-0.3, -0.25) is 9.48 Å². The molecule has 0 atom stereocenters. The van der Waals surface area contributed by atoms with Crippen LogP contribution in [0.2, 0.25) is 0 Å². The maximum absolute atomic E-state index is 12.5. The number of aromatic nitrogens is 3. The number of carbonyl (C=O) groups excluding carboxylic acids is 1. The van der Waals surface area contributed by atoms with Crippen molar-refractivity contribution in [2.75, 3.05) is 0 Å². The standard InChI is InChI=1S/C17H18N4OS/c1-4-10-20-14-8-6-7-9-15(14)23-17(20)18-16(22)13-11-12(3)21(5-2)19-13/h4,6-9,11H,1,5,10H2,2-3H3. The zero-order valence-corrected chi connectivity index (χ0v) is 14.0. The molecule has 0 spiro atoms. The van der Waals surface area contributed by atoms with E-state index in [1.807, 2.05) is 42.7 Å². The van der Waals surface area contributed by atoms with Crippen molar-refractivity contribution in [2.45, 2.75) is 26.9 Å². The van der Waals surface area contributed by atoms with Crippen LogP contribution in [0.25, 0.3) is 10.2 Å². The summed E-state index contributed by atoms with van der Waals surface area (Å²) in [7, 11) is 0. The molecular weight excluding hydrogens is 308 g/mol. The molecule has 1 amide bonds. The van der Waals surface area contributed by atoms with E-state index >= 15 is 0 Å². The van der Waals surface area contributed by atoms with Gasteiger partial charge in [-0.2, -0.15) is 10.1 Å². The van der Waals surface area contributed by atoms with E-state index in [9.17, 15) is 4.79 Å². The van der Waals surface area contributed by atoms with Crippen molar-refractivity contribution in [3.63, 3.8) is 0 Å². The Hall–Kier alpha value is -2.47. The largest absolute Gasteiger partial charge is 0.312 e. The summed E-state index contributed by atoms with van der Waals surface area (Å²) in [4.78, 5) is 17.4. The van der Waals surface area contributed by atoms with Crippen molar-refractivity contribution in [3.8, 4) is 0 Å². The van der Waals surface area contributed by atoms with Gasteiger partial charge in [-0.1, -0.05) is 29.5 Å². The first-order valence-corrected chi connectivity index (χ1v) is 8.28. The van der Waals surface area contributed by atoms with Crippen molar-refractivity contribution < 1.29 is 4.79 Å². The minimum Gasteiger partial charge on any atom is -0.312 e. The number of amides is 1. The molecule has 1 aromatic carbocycles. The Kier molecular flexibility index (Phi) is 4.25. The van der Waals surface area contributed by atoms with Crippen molar-refractivity contribution in [2.24, 2.45) is 4.99 Å². The molecule has 0 bridgehead atoms. The van der Waals surface area contributed by atoms with Crippen LogP contribution in [0.1, 0.15) is 23.1 Å². The Morgan fingerprint density at radius 2 is 2.22 bits per heavy atom. The number of thiazole rings is 1. The Balaban J connectivity index is 2.10. The highest BCUT2D eigenvalue weighted by atomic mass is 32.1. The number of benzene rings is 1. The Bertz CT molecular complexity index is 945. The number of allylic oxidation sites excluding steroid dienone is 1. The Morgan fingerprint density at radius 1 is 1.43 bits per heavy atom. The molecule has 3 aromatic rings. The van der Waals surface area contributed by atoms with Crippen LogP contribution in [0.3, 0.4) is 0 Å². The van der Waals surface area contributed by atoms with E-state index in [2.05, 4.69) is 16.7 Å². The molecule has 23 heavy (non-hydrogen) atoms. The lowest BCUT2D eigenvalue weighted by Gasteiger charge is -1.99. The third-order valence-electron chi connectivity index (χ3n) is 3.60. The summed E-state index contributed by atoms with van der Waals surface area (Å²) >= 11 is 1.50. The van der Waals surface area contributed by atoms with Crippen LogP contribution in [0.5, 0.6) is 0 Å². The second-order valence-corrected chi connectivity index (χ2v) is 6.16. The highest BCUT2D eigenvalue weighted by Gasteiger charge is 2.12. The second kappa shape index (κ2) is 6.34. The van der Waals surface area contributed by atoms with E-state index in [0.717, 1.165) is 22.5 Å². The summed E-state index contributed by atoms with van der Waals surface area (Å²) in [6.45, 7) is 9.06. The molecule has 0 fully saturated rings. The maximum Gasteiger partial charge on any atom is 0.300 e. The Morgan fingerprint density at radius 3 is 2.91 bits per heavy atom. The molecule has 0 aliphatic heterocycles. The van der Waals surface area contributed by atoms with Crippen LogP contribution in [0.15, 0.2) is 48.0 Å². The van der Waals surface area contributed by atoms with Gasteiger partial charge in [0, 0.05) is 18.8 Å². The molecule has 118 valence electrons. The van der Waals surface area contributed by atoms with Crippen LogP contribution in [-0.4, -0.2) is 20.3 Å². The minimum absolute atomic E-state index is 0.315. The molecular formula is C17H18N4OS. The van der Waals surface area contributed by atoms with Crippen molar-refractivity contribution in [3.05, 3.63) is 59.2 Å². The lowest BCUT2D eigenvalue weighted by Crippen LogP contribution is -2.16. The molecule has 0 saturated heterocycles. The Labute approximate surface area is 138 Å². The van der Waals surface area contributed by atoms with E-state index in [1.165, 1.54) is 11.3 Å². The quantitative estimate of drug-likeness (QED) is 0.692. The van der Waals surface area contributed by atoms with Gasteiger partial charge in [0.05, 0.1) is 10.2 Å². The molecule has 0 unspecified atom stereocenters. The normalized spacial score (nSPS) is 12.0. The minimum atomic E-state index is -0.315. The highest BCUT2D eigenvalue weighted by Crippen LogP contribution is 2.16. The zero-order chi connectivity index (χ0) is 16.4. The van der Waals surface area contributed by atoms with Gasteiger partial charge in [-0.25, -0.2) is 0 Å². The SMILES string of the molecule is C=CCn1c(=NC(=O)c2cc(C)n(CC)n2)sc2ccccc21. The van der Waals surface area contributed by atoms with Crippen molar-refractivity contribution >= 4 is 27.5 Å². The average molecular weight is 326 g/mol. The second-order valence-electron chi connectivity index (χ2n) is 5.16. The highest BCUT2D eigenvalue weighted by molar-refractivity contribution is 7.16. The zero-order valence-electron chi connectivity index (χ0n) is 13.2. The number of rotatable bonds is 4. The molecule has 3 rings (SSSR count). The maximum atomic E-state index is 12.5. The van der Waals surface area contributed by atoms with Gasteiger partial charge in [0.15, 0.2) is 10.5 Å². The number of hydrogen-bond donors (Lipinski definition) is 0. The van der Waals surface area contributed by atoms with Gasteiger partial charge in [0.2, 0.25) is 0 Å².